The minimum atomic E-state index is -0.553. The predicted molar refractivity (Wildman–Crippen MR) is 90.8 cm³/mol. The number of aliphatic hydroxyl groups is 1. The van der Waals surface area contributed by atoms with Gasteiger partial charge in [0.1, 0.15) is 0 Å². The summed E-state index contributed by atoms with van der Waals surface area (Å²) < 4.78 is 1.69. The van der Waals surface area contributed by atoms with Crippen molar-refractivity contribution in [2.24, 2.45) is 0 Å². The number of aliphatic hydroxyl groups excluding tert-OH is 1. The maximum Gasteiger partial charge on any atom is 0.214 e. The van der Waals surface area contributed by atoms with Gasteiger partial charge in [-0.2, -0.15) is 4.68 Å². The highest BCUT2D eigenvalue weighted by molar-refractivity contribution is 7.99. The van der Waals surface area contributed by atoms with E-state index >= 15 is 0 Å². The number of tetrazole rings is 1. The first-order valence-electron chi connectivity index (χ1n) is 7.36. The van der Waals surface area contributed by atoms with Crippen LogP contribution < -0.4 is 0 Å². The molecule has 0 fully saturated rings. The van der Waals surface area contributed by atoms with E-state index in [2.05, 4.69) is 15.5 Å². The number of hydrogen-bond acceptors (Lipinski definition) is 5. The third-order valence-electron chi connectivity index (χ3n) is 3.52. The SMILES string of the molecule is Cc1ccc(C(O)CSc2nnnn2-c2cccc(C)c2)cc1. The quantitative estimate of drug-likeness (QED) is 0.730. The molecule has 0 aliphatic carbocycles. The molecule has 0 aliphatic rings. The topological polar surface area (TPSA) is 63.8 Å². The summed E-state index contributed by atoms with van der Waals surface area (Å²) in [6.45, 7) is 4.06. The first-order valence-corrected chi connectivity index (χ1v) is 8.35. The zero-order valence-corrected chi connectivity index (χ0v) is 13.9. The van der Waals surface area contributed by atoms with E-state index in [-0.39, 0.29) is 0 Å². The summed E-state index contributed by atoms with van der Waals surface area (Å²) in [6, 6.07) is 15.9. The molecule has 6 heteroatoms. The van der Waals surface area contributed by atoms with Crippen LogP contribution in [0.4, 0.5) is 0 Å². The summed E-state index contributed by atoms with van der Waals surface area (Å²) in [5, 5.41) is 22.8. The monoisotopic (exact) mass is 326 g/mol. The van der Waals surface area contributed by atoms with Crippen LogP contribution in [0.5, 0.6) is 0 Å². The summed E-state index contributed by atoms with van der Waals surface area (Å²) in [4.78, 5) is 0. The first kappa shape index (κ1) is 15.7. The third kappa shape index (κ3) is 3.78. The second kappa shape index (κ2) is 6.93. The van der Waals surface area contributed by atoms with E-state index in [0.717, 1.165) is 16.8 Å². The van der Waals surface area contributed by atoms with Crippen molar-refractivity contribution in [2.45, 2.75) is 25.1 Å². The Hall–Kier alpha value is -2.18. The standard InChI is InChI=1S/C17H18N4OS/c1-12-6-8-14(9-7-12)16(22)11-23-17-18-19-20-21(17)15-5-3-4-13(2)10-15/h3-10,16,22H,11H2,1-2H3. The summed E-state index contributed by atoms with van der Waals surface area (Å²) in [5.74, 6) is 0.495. The Morgan fingerprint density at radius 1 is 1.09 bits per heavy atom. The van der Waals surface area contributed by atoms with Gasteiger partial charge in [0.2, 0.25) is 5.16 Å². The second-order valence-electron chi connectivity index (χ2n) is 5.45. The van der Waals surface area contributed by atoms with Gasteiger partial charge in [0.15, 0.2) is 0 Å². The zero-order valence-electron chi connectivity index (χ0n) is 13.0. The molecule has 0 spiro atoms. The van der Waals surface area contributed by atoms with E-state index in [1.54, 1.807) is 4.68 Å². The van der Waals surface area contributed by atoms with Crippen molar-refractivity contribution in [1.29, 1.82) is 0 Å². The third-order valence-corrected chi connectivity index (χ3v) is 4.51. The van der Waals surface area contributed by atoms with Crippen molar-refractivity contribution in [3.8, 4) is 5.69 Å². The number of hydrogen-bond donors (Lipinski definition) is 1. The Labute approximate surface area is 139 Å². The lowest BCUT2D eigenvalue weighted by Gasteiger charge is -2.11. The van der Waals surface area contributed by atoms with Crippen LogP contribution in [0, 0.1) is 13.8 Å². The molecular formula is C17H18N4OS. The smallest absolute Gasteiger partial charge is 0.214 e. The van der Waals surface area contributed by atoms with Gasteiger partial charge in [0, 0.05) is 5.75 Å². The number of aromatic nitrogens is 4. The molecule has 0 aliphatic heterocycles. The molecule has 5 nitrogen and oxygen atoms in total. The maximum absolute atomic E-state index is 10.3. The molecule has 0 radical (unpaired) electrons. The van der Waals surface area contributed by atoms with Crippen LogP contribution in [-0.2, 0) is 0 Å². The lowest BCUT2D eigenvalue weighted by Crippen LogP contribution is -2.04. The van der Waals surface area contributed by atoms with Crippen molar-refractivity contribution in [3.63, 3.8) is 0 Å². The molecule has 2 aromatic carbocycles. The van der Waals surface area contributed by atoms with Gasteiger partial charge in [-0.25, -0.2) is 0 Å². The zero-order chi connectivity index (χ0) is 16.2. The molecule has 1 atom stereocenters. The maximum atomic E-state index is 10.3. The molecule has 1 unspecified atom stereocenters. The average Bonchev–Trinajstić information content (AvgIpc) is 3.02. The Kier molecular flexibility index (Phi) is 4.73. The van der Waals surface area contributed by atoms with Crippen LogP contribution in [0.3, 0.4) is 0 Å². The number of thioether (sulfide) groups is 1. The molecule has 3 aromatic rings. The van der Waals surface area contributed by atoms with Crippen LogP contribution in [0.25, 0.3) is 5.69 Å². The van der Waals surface area contributed by atoms with E-state index in [0.29, 0.717) is 10.9 Å². The van der Waals surface area contributed by atoms with Crippen molar-refractivity contribution in [2.75, 3.05) is 5.75 Å². The van der Waals surface area contributed by atoms with Gasteiger partial charge in [0.25, 0.3) is 0 Å². The van der Waals surface area contributed by atoms with E-state index in [4.69, 9.17) is 0 Å². The molecule has 0 bridgehead atoms. The summed E-state index contributed by atoms with van der Waals surface area (Å²) in [5.41, 5.74) is 4.14. The molecule has 1 aromatic heterocycles. The summed E-state index contributed by atoms with van der Waals surface area (Å²) in [7, 11) is 0. The van der Waals surface area contributed by atoms with Crippen LogP contribution in [0.2, 0.25) is 0 Å². The van der Waals surface area contributed by atoms with E-state index in [1.807, 2.05) is 62.4 Å². The minimum absolute atomic E-state index is 0.495. The minimum Gasteiger partial charge on any atom is -0.388 e. The highest BCUT2D eigenvalue weighted by Crippen LogP contribution is 2.24. The van der Waals surface area contributed by atoms with Gasteiger partial charge in [-0.05, 0) is 47.5 Å². The lowest BCUT2D eigenvalue weighted by molar-refractivity contribution is 0.204. The highest BCUT2D eigenvalue weighted by atomic mass is 32.2. The molecule has 3 rings (SSSR count). The number of aryl methyl sites for hydroxylation is 2. The van der Waals surface area contributed by atoms with Gasteiger partial charge in [0.05, 0.1) is 11.8 Å². The fourth-order valence-electron chi connectivity index (χ4n) is 2.23. The fraction of sp³-hybridized carbons (Fsp3) is 0.235. The van der Waals surface area contributed by atoms with Crippen LogP contribution in [0.1, 0.15) is 22.8 Å². The fourth-order valence-corrected chi connectivity index (χ4v) is 3.09. The molecule has 0 saturated heterocycles. The molecule has 1 N–H and O–H groups in total. The highest BCUT2D eigenvalue weighted by Gasteiger charge is 2.13. The molecule has 23 heavy (non-hydrogen) atoms. The van der Waals surface area contributed by atoms with Crippen molar-refractivity contribution in [3.05, 3.63) is 65.2 Å². The van der Waals surface area contributed by atoms with Crippen LogP contribution in [-0.4, -0.2) is 31.1 Å². The lowest BCUT2D eigenvalue weighted by atomic mass is 10.1. The van der Waals surface area contributed by atoms with Crippen molar-refractivity contribution < 1.29 is 5.11 Å². The Bertz CT molecular complexity index is 785. The van der Waals surface area contributed by atoms with Gasteiger partial charge < -0.3 is 5.11 Å². The Balaban J connectivity index is 1.72. The second-order valence-corrected chi connectivity index (χ2v) is 6.44. The van der Waals surface area contributed by atoms with Gasteiger partial charge in [-0.3, -0.25) is 0 Å². The predicted octanol–water partition coefficient (Wildman–Crippen LogP) is 3.10. The molecule has 1 heterocycles. The van der Waals surface area contributed by atoms with Gasteiger partial charge in [-0.15, -0.1) is 5.10 Å². The number of nitrogens with zero attached hydrogens (tertiary/aromatic N) is 4. The number of benzene rings is 2. The molecule has 0 amide bonds. The molecule has 118 valence electrons. The largest absolute Gasteiger partial charge is 0.388 e. The van der Waals surface area contributed by atoms with Gasteiger partial charge >= 0.3 is 0 Å². The van der Waals surface area contributed by atoms with Crippen LogP contribution in [0.15, 0.2) is 53.7 Å². The van der Waals surface area contributed by atoms with E-state index in [1.165, 1.54) is 17.3 Å². The first-order chi connectivity index (χ1) is 11.1. The Morgan fingerprint density at radius 2 is 1.87 bits per heavy atom. The van der Waals surface area contributed by atoms with Gasteiger partial charge in [-0.1, -0.05) is 53.7 Å². The average molecular weight is 326 g/mol. The molecule has 0 saturated carbocycles. The summed E-state index contributed by atoms with van der Waals surface area (Å²) >= 11 is 1.44. The Morgan fingerprint density at radius 3 is 2.61 bits per heavy atom. The van der Waals surface area contributed by atoms with Crippen LogP contribution >= 0.6 is 11.8 Å². The number of rotatable bonds is 5. The normalized spacial score (nSPS) is 12.3. The molecular weight excluding hydrogens is 308 g/mol. The summed E-state index contributed by atoms with van der Waals surface area (Å²) in [6.07, 6.45) is -0.553. The van der Waals surface area contributed by atoms with Crippen molar-refractivity contribution >= 4 is 11.8 Å². The van der Waals surface area contributed by atoms with E-state index < -0.39 is 6.10 Å². The van der Waals surface area contributed by atoms with E-state index in [9.17, 15) is 5.11 Å². The van der Waals surface area contributed by atoms with Crippen molar-refractivity contribution in [1.82, 2.24) is 20.2 Å².